The number of aromatic nitrogens is 1. The Bertz CT molecular complexity index is 1430. The van der Waals surface area contributed by atoms with E-state index in [0.717, 1.165) is 28.1 Å². The van der Waals surface area contributed by atoms with Gasteiger partial charge in [-0.25, -0.2) is 9.37 Å². The topological polar surface area (TPSA) is 77.5 Å². The molecule has 3 aromatic carbocycles. The molecule has 2 aromatic heterocycles. The van der Waals surface area contributed by atoms with Crippen molar-refractivity contribution in [3.63, 3.8) is 0 Å². The summed E-state index contributed by atoms with van der Waals surface area (Å²) in [6.07, 6.45) is 1.55. The number of nitrogens with zero attached hydrogens (tertiary/aromatic N) is 1. The molecule has 0 saturated carbocycles. The second-order valence-corrected chi connectivity index (χ2v) is 7.91. The van der Waals surface area contributed by atoms with Crippen LogP contribution in [0.25, 0.3) is 33.3 Å². The summed E-state index contributed by atoms with van der Waals surface area (Å²) < 4.78 is 30.1. The van der Waals surface area contributed by atoms with E-state index in [2.05, 4.69) is 10.3 Å². The van der Waals surface area contributed by atoms with Gasteiger partial charge in [-0.3, -0.25) is 4.79 Å². The van der Waals surface area contributed by atoms with E-state index in [1.807, 2.05) is 30.3 Å². The molecule has 0 fully saturated rings. The summed E-state index contributed by atoms with van der Waals surface area (Å²) in [6, 6.07) is 17.3. The maximum Gasteiger partial charge on any atom is 0.256 e. The number of furan rings is 1. The van der Waals surface area contributed by atoms with Gasteiger partial charge < -0.3 is 18.9 Å². The number of amides is 1. The van der Waals surface area contributed by atoms with Crippen LogP contribution in [0.1, 0.15) is 0 Å². The molecule has 5 aromatic rings. The third-order valence-corrected chi connectivity index (χ3v) is 5.76. The van der Waals surface area contributed by atoms with Crippen LogP contribution in [0.5, 0.6) is 5.75 Å². The van der Waals surface area contributed by atoms with Crippen molar-refractivity contribution in [1.29, 1.82) is 0 Å². The zero-order valence-electron chi connectivity index (χ0n) is 16.9. The zero-order valence-corrected chi connectivity index (χ0v) is 17.7. The SMILES string of the molecule is COc1cc2c(cc1NC(=O)CSc1ncc(-c3ccc(F)cc3)o1)oc1ccccc12. The van der Waals surface area contributed by atoms with E-state index < -0.39 is 0 Å². The van der Waals surface area contributed by atoms with Gasteiger partial charge in [0.05, 0.1) is 24.7 Å². The summed E-state index contributed by atoms with van der Waals surface area (Å²) in [5.74, 6) is 0.563. The molecule has 0 spiro atoms. The number of ether oxygens (including phenoxy) is 1. The highest BCUT2D eigenvalue weighted by Gasteiger charge is 2.15. The summed E-state index contributed by atoms with van der Waals surface area (Å²) >= 11 is 1.16. The number of halogens is 1. The number of carbonyl (C=O) groups excluding carboxylic acids is 1. The predicted molar refractivity (Wildman–Crippen MR) is 122 cm³/mol. The van der Waals surface area contributed by atoms with Crippen molar-refractivity contribution in [3.8, 4) is 17.1 Å². The van der Waals surface area contributed by atoms with Crippen LogP contribution in [-0.4, -0.2) is 23.8 Å². The molecular weight excluding hydrogens is 431 g/mol. The van der Waals surface area contributed by atoms with Crippen LogP contribution in [0.2, 0.25) is 0 Å². The van der Waals surface area contributed by atoms with Crippen molar-refractivity contribution < 1.29 is 22.8 Å². The van der Waals surface area contributed by atoms with Crippen LogP contribution in [-0.2, 0) is 4.79 Å². The minimum Gasteiger partial charge on any atom is -0.495 e. The van der Waals surface area contributed by atoms with E-state index in [9.17, 15) is 9.18 Å². The highest BCUT2D eigenvalue weighted by Crippen LogP contribution is 2.36. The molecule has 32 heavy (non-hydrogen) atoms. The van der Waals surface area contributed by atoms with Gasteiger partial charge in [0.2, 0.25) is 5.91 Å². The lowest BCUT2D eigenvalue weighted by atomic mass is 10.1. The Hall–Kier alpha value is -3.78. The van der Waals surface area contributed by atoms with Crippen molar-refractivity contribution in [1.82, 2.24) is 4.98 Å². The predicted octanol–water partition coefficient (Wildman–Crippen LogP) is 6.12. The molecule has 5 rings (SSSR count). The monoisotopic (exact) mass is 448 g/mol. The van der Waals surface area contributed by atoms with Gasteiger partial charge in [0, 0.05) is 22.4 Å². The van der Waals surface area contributed by atoms with Gasteiger partial charge in [0.1, 0.15) is 22.7 Å². The smallest absolute Gasteiger partial charge is 0.256 e. The number of nitrogens with one attached hydrogen (secondary N) is 1. The van der Waals surface area contributed by atoms with Crippen LogP contribution in [0.3, 0.4) is 0 Å². The van der Waals surface area contributed by atoms with Crippen LogP contribution in [0.4, 0.5) is 10.1 Å². The third kappa shape index (κ3) is 3.92. The number of oxazole rings is 1. The summed E-state index contributed by atoms with van der Waals surface area (Å²) in [6.45, 7) is 0. The highest BCUT2D eigenvalue weighted by molar-refractivity contribution is 7.99. The summed E-state index contributed by atoms with van der Waals surface area (Å²) in [4.78, 5) is 16.7. The fraction of sp³-hybridized carbons (Fsp3) is 0.0833. The third-order valence-electron chi connectivity index (χ3n) is 4.91. The lowest BCUT2D eigenvalue weighted by molar-refractivity contribution is -0.113. The second-order valence-electron chi connectivity index (χ2n) is 6.98. The number of hydrogen-bond donors (Lipinski definition) is 1. The summed E-state index contributed by atoms with van der Waals surface area (Å²) in [7, 11) is 1.55. The van der Waals surface area contributed by atoms with E-state index in [1.54, 1.807) is 31.5 Å². The molecule has 1 N–H and O–H groups in total. The van der Waals surface area contributed by atoms with E-state index in [1.165, 1.54) is 12.1 Å². The van der Waals surface area contributed by atoms with Crippen molar-refractivity contribution >= 4 is 45.3 Å². The Morgan fingerprint density at radius 1 is 1.06 bits per heavy atom. The Labute approximate surface area is 186 Å². The van der Waals surface area contributed by atoms with E-state index in [0.29, 0.717) is 33.6 Å². The molecule has 1 amide bonds. The number of fused-ring (bicyclic) bond motifs is 3. The Balaban J connectivity index is 1.30. The van der Waals surface area contributed by atoms with Gasteiger partial charge in [-0.2, -0.15) is 0 Å². The van der Waals surface area contributed by atoms with Gasteiger partial charge in [0.15, 0.2) is 5.76 Å². The molecule has 0 aliphatic carbocycles. The molecule has 6 nitrogen and oxygen atoms in total. The number of thioether (sulfide) groups is 1. The molecule has 0 bridgehead atoms. The van der Waals surface area contributed by atoms with Gasteiger partial charge in [-0.15, -0.1) is 0 Å². The van der Waals surface area contributed by atoms with Crippen LogP contribution < -0.4 is 10.1 Å². The molecule has 2 heterocycles. The fourth-order valence-corrected chi connectivity index (χ4v) is 4.01. The molecule has 0 unspecified atom stereocenters. The standard InChI is InChI=1S/C24H17FN2O4S/c1-29-21-10-17-16-4-2-3-5-19(16)30-20(17)11-18(21)27-23(28)13-32-24-26-12-22(31-24)14-6-8-15(25)9-7-14/h2-12H,13H2,1H3,(H,27,28). The molecule has 8 heteroatoms. The Kier molecular flexibility index (Phi) is 5.28. The first-order valence-corrected chi connectivity index (χ1v) is 10.7. The fourth-order valence-electron chi connectivity index (χ4n) is 3.40. The first-order chi connectivity index (χ1) is 15.6. The number of methoxy groups -OCH3 is 1. The average molecular weight is 448 g/mol. The Morgan fingerprint density at radius 3 is 2.69 bits per heavy atom. The number of anilines is 1. The largest absolute Gasteiger partial charge is 0.495 e. The normalized spacial score (nSPS) is 11.2. The first-order valence-electron chi connectivity index (χ1n) is 9.74. The van der Waals surface area contributed by atoms with E-state index in [4.69, 9.17) is 13.6 Å². The molecule has 0 radical (unpaired) electrons. The quantitative estimate of drug-likeness (QED) is 0.315. The summed E-state index contributed by atoms with van der Waals surface area (Å²) in [5.41, 5.74) is 2.65. The second kappa shape index (κ2) is 8.39. The number of carbonyl (C=O) groups is 1. The summed E-state index contributed by atoms with van der Waals surface area (Å²) in [5, 5.41) is 5.10. The van der Waals surface area contributed by atoms with Crippen molar-refractivity contribution in [2.45, 2.75) is 5.22 Å². The molecule has 0 atom stereocenters. The van der Waals surface area contributed by atoms with E-state index in [-0.39, 0.29) is 17.5 Å². The molecule has 0 saturated heterocycles. The first kappa shape index (κ1) is 20.1. The molecule has 0 aliphatic rings. The highest BCUT2D eigenvalue weighted by atomic mass is 32.2. The van der Waals surface area contributed by atoms with Gasteiger partial charge >= 0.3 is 0 Å². The Morgan fingerprint density at radius 2 is 1.88 bits per heavy atom. The van der Waals surface area contributed by atoms with Gasteiger partial charge in [0.25, 0.3) is 5.22 Å². The molecular formula is C24H17FN2O4S. The minimum atomic E-state index is -0.323. The maximum absolute atomic E-state index is 13.1. The number of para-hydroxylation sites is 1. The number of rotatable bonds is 6. The zero-order chi connectivity index (χ0) is 22.1. The van der Waals surface area contributed by atoms with Crippen LogP contribution >= 0.6 is 11.8 Å². The minimum absolute atomic E-state index is 0.0880. The lowest BCUT2D eigenvalue weighted by Gasteiger charge is -2.10. The number of hydrogen-bond acceptors (Lipinski definition) is 6. The van der Waals surface area contributed by atoms with E-state index >= 15 is 0 Å². The van der Waals surface area contributed by atoms with Crippen molar-refractivity contribution in [2.24, 2.45) is 0 Å². The average Bonchev–Trinajstić information content (AvgIpc) is 3.42. The number of benzene rings is 3. The van der Waals surface area contributed by atoms with Crippen LogP contribution in [0.15, 0.2) is 80.9 Å². The lowest BCUT2D eigenvalue weighted by Crippen LogP contribution is -2.14. The molecule has 0 aliphatic heterocycles. The van der Waals surface area contributed by atoms with Crippen molar-refractivity contribution in [3.05, 3.63) is 72.7 Å². The molecule has 160 valence electrons. The van der Waals surface area contributed by atoms with Gasteiger partial charge in [-0.05, 0) is 36.4 Å². The van der Waals surface area contributed by atoms with Crippen LogP contribution in [0, 0.1) is 5.82 Å². The van der Waals surface area contributed by atoms with Crippen molar-refractivity contribution in [2.75, 3.05) is 18.2 Å². The maximum atomic E-state index is 13.1. The van der Waals surface area contributed by atoms with Gasteiger partial charge in [-0.1, -0.05) is 30.0 Å².